The summed E-state index contributed by atoms with van der Waals surface area (Å²) < 4.78 is 1.08. The fourth-order valence-corrected chi connectivity index (χ4v) is 2.60. The first-order valence-corrected chi connectivity index (χ1v) is 6.36. The average molecular weight is 291 g/mol. The van der Waals surface area contributed by atoms with Crippen molar-refractivity contribution in [1.29, 1.82) is 0 Å². The third kappa shape index (κ3) is 3.14. The maximum Gasteiger partial charge on any atom is 0.0347 e. The number of rotatable bonds is 3. The number of benzene rings is 1. The largest absolute Gasteiger partial charge is 0.324 e. The second-order valence-electron chi connectivity index (χ2n) is 4.19. The molecule has 0 spiro atoms. The minimum atomic E-state index is 0.00683. The summed E-state index contributed by atoms with van der Waals surface area (Å²) in [7, 11) is 0. The summed E-state index contributed by atoms with van der Waals surface area (Å²) in [6, 6.07) is 10.3. The van der Waals surface area contributed by atoms with Crippen LogP contribution in [0, 0.1) is 6.92 Å². The van der Waals surface area contributed by atoms with Crippen molar-refractivity contribution in [2.75, 3.05) is 0 Å². The van der Waals surface area contributed by atoms with Gasteiger partial charge in [0.25, 0.3) is 0 Å². The van der Waals surface area contributed by atoms with Crippen LogP contribution in [-0.4, -0.2) is 4.98 Å². The van der Waals surface area contributed by atoms with E-state index in [2.05, 4.69) is 46.0 Å². The highest BCUT2D eigenvalue weighted by molar-refractivity contribution is 9.10. The zero-order chi connectivity index (χ0) is 12.3. The Morgan fingerprint density at radius 1 is 1.24 bits per heavy atom. The normalized spacial score (nSPS) is 12.4. The zero-order valence-corrected chi connectivity index (χ0v) is 11.3. The van der Waals surface area contributed by atoms with E-state index in [0.29, 0.717) is 0 Å². The Bertz CT molecular complexity index is 497. The van der Waals surface area contributed by atoms with Gasteiger partial charge in [0.15, 0.2) is 0 Å². The van der Waals surface area contributed by atoms with Crippen LogP contribution in [0.1, 0.15) is 22.7 Å². The SMILES string of the molecule is Cc1ccc(C(N)Cc2ccncc2)c(Br)c1. The topological polar surface area (TPSA) is 38.9 Å². The summed E-state index contributed by atoms with van der Waals surface area (Å²) in [5.41, 5.74) is 9.81. The van der Waals surface area contributed by atoms with Crippen molar-refractivity contribution in [3.8, 4) is 0 Å². The summed E-state index contributed by atoms with van der Waals surface area (Å²) in [5.74, 6) is 0. The van der Waals surface area contributed by atoms with E-state index >= 15 is 0 Å². The van der Waals surface area contributed by atoms with Gasteiger partial charge in [-0.15, -0.1) is 0 Å². The number of hydrogen-bond acceptors (Lipinski definition) is 2. The molecule has 2 aromatic rings. The van der Waals surface area contributed by atoms with Gasteiger partial charge in [-0.1, -0.05) is 28.1 Å². The van der Waals surface area contributed by atoms with E-state index in [0.717, 1.165) is 16.5 Å². The molecule has 0 saturated heterocycles. The van der Waals surface area contributed by atoms with Gasteiger partial charge in [-0.2, -0.15) is 0 Å². The summed E-state index contributed by atoms with van der Waals surface area (Å²) >= 11 is 3.57. The van der Waals surface area contributed by atoms with Crippen molar-refractivity contribution in [3.63, 3.8) is 0 Å². The lowest BCUT2D eigenvalue weighted by molar-refractivity contribution is 0.717. The van der Waals surface area contributed by atoms with Crippen molar-refractivity contribution in [2.45, 2.75) is 19.4 Å². The lowest BCUT2D eigenvalue weighted by Crippen LogP contribution is -2.14. The second-order valence-corrected chi connectivity index (χ2v) is 5.05. The second kappa shape index (κ2) is 5.43. The molecule has 3 heteroatoms. The van der Waals surface area contributed by atoms with Crippen LogP contribution in [0.15, 0.2) is 47.2 Å². The highest BCUT2D eigenvalue weighted by Crippen LogP contribution is 2.25. The Labute approximate surface area is 110 Å². The van der Waals surface area contributed by atoms with Crippen LogP contribution >= 0.6 is 15.9 Å². The highest BCUT2D eigenvalue weighted by Gasteiger charge is 2.10. The Morgan fingerprint density at radius 2 is 1.94 bits per heavy atom. The van der Waals surface area contributed by atoms with Crippen LogP contribution in [0.3, 0.4) is 0 Å². The van der Waals surface area contributed by atoms with E-state index in [4.69, 9.17) is 5.73 Å². The molecule has 0 fully saturated rings. The quantitative estimate of drug-likeness (QED) is 0.941. The molecule has 2 nitrogen and oxygen atoms in total. The number of nitrogens with zero attached hydrogens (tertiary/aromatic N) is 1. The van der Waals surface area contributed by atoms with Crippen LogP contribution in [0.5, 0.6) is 0 Å². The van der Waals surface area contributed by atoms with Crippen LogP contribution < -0.4 is 5.73 Å². The first-order chi connectivity index (χ1) is 8.16. The fourth-order valence-electron chi connectivity index (χ4n) is 1.82. The van der Waals surface area contributed by atoms with E-state index in [9.17, 15) is 0 Å². The van der Waals surface area contributed by atoms with Crippen molar-refractivity contribution in [2.24, 2.45) is 5.73 Å². The Hall–Kier alpha value is -1.19. The first-order valence-electron chi connectivity index (χ1n) is 5.57. The van der Waals surface area contributed by atoms with Crippen molar-refractivity contribution >= 4 is 15.9 Å². The fraction of sp³-hybridized carbons (Fsp3) is 0.214. The Morgan fingerprint density at radius 3 is 2.59 bits per heavy atom. The van der Waals surface area contributed by atoms with E-state index in [1.165, 1.54) is 11.1 Å². The van der Waals surface area contributed by atoms with Crippen LogP contribution in [-0.2, 0) is 6.42 Å². The molecule has 0 bridgehead atoms. The Balaban J connectivity index is 2.17. The minimum Gasteiger partial charge on any atom is -0.324 e. The standard InChI is InChI=1S/C14H15BrN2/c1-10-2-3-12(13(15)8-10)14(16)9-11-4-6-17-7-5-11/h2-8,14H,9,16H2,1H3. The molecule has 0 radical (unpaired) electrons. The van der Waals surface area contributed by atoms with Gasteiger partial charge in [0.1, 0.15) is 0 Å². The number of halogens is 1. The molecule has 1 aromatic heterocycles. The third-order valence-electron chi connectivity index (χ3n) is 2.76. The molecule has 2 rings (SSSR count). The first kappa shape index (κ1) is 12.3. The van der Waals surface area contributed by atoms with Gasteiger partial charge in [0.2, 0.25) is 0 Å². The molecular weight excluding hydrogens is 276 g/mol. The average Bonchev–Trinajstić information content (AvgIpc) is 2.30. The smallest absolute Gasteiger partial charge is 0.0347 e. The van der Waals surface area contributed by atoms with E-state index in [1.54, 1.807) is 12.4 Å². The lowest BCUT2D eigenvalue weighted by atomic mass is 9.99. The van der Waals surface area contributed by atoms with Gasteiger partial charge in [0.05, 0.1) is 0 Å². The predicted molar refractivity (Wildman–Crippen MR) is 73.7 cm³/mol. The molecule has 0 aliphatic carbocycles. The number of aromatic nitrogens is 1. The lowest BCUT2D eigenvalue weighted by Gasteiger charge is -2.14. The van der Waals surface area contributed by atoms with Gasteiger partial charge < -0.3 is 5.73 Å². The van der Waals surface area contributed by atoms with Gasteiger partial charge in [-0.3, -0.25) is 4.98 Å². The molecule has 1 atom stereocenters. The monoisotopic (exact) mass is 290 g/mol. The summed E-state index contributed by atoms with van der Waals surface area (Å²) in [6.45, 7) is 2.07. The van der Waals surface area contributed by atoms with Gasteiger partial charge >= 0.3 is 0 Å². The van der Waals surface area contributed by atoms with Gasteiger partial charge in [0, 0.05) is 22.9 Å². The third-order valence-corrected chi connectivity index (χ3v) is 3.45. The zero-order valence-electron chi connectivity index (χ0n) is 9.73. The van der Waals surface area contributed by atoms with E-state index < -0.39 is 0 Å². The minimum absolute atomic E-state index is 0.00683. The Kier molecular flexibility index (Phi) is 3.92. The predicted octanol–water partition coefficient (Wildman–Crippen LogP) is 3.40. The van der Waals surface area contributed by atoms with Crippen molar-refractivity contribution in [3.05, 3.63) is 63.9 Å². The number of hydrogen-bond donors (Lipinski definition) is 1. The summed E-state index contributed by atoms with van der Waals surface area (Å²) in [4.78, 5) is 4.00. The van der Waals surface area contributed by atoms with Crippen molar-refractivity contribution < 1.29 is 0 Å². The summed E-state index contributed by atoms with van der Waals surface area (Å²) in [5, 5.41) is 0. The molecule has 0 amide bonds. The van der Waals surface area contributed by atoms with Gasteiger partial charge in [-0.25, -0.2) is 0 Å². The molecule has 0 aliphatic rings. The van der Waals surface area contributed by atoms with E-state index in [1.807, 2.05) is 12.1 Å². The molecular formula is C14H15BrN2. The molecule has 1 heterocycles. The maximum absolute atomic E-state index is 6.23. The molecule has 17 heavy (non-hydrogen) atoms. The van der Waals surface area contributed by atoms with E-state index in [-0.39, 0.29) is 6.04 Å². The number of nitrogens with two attached hydrogens (primary N) is 1. The van der Waals surface area contributed by atoms with Crippen LogP contribution in [0.4, 0.5) is 0 Å². The molecule has 0 saturated carbocycles. The van der Waals surface area contributed by atoms with Crippen LogP contribution in [0.25, 0.3) is 0 Å². The molecule has 0 aliphatic heterocycles. The number of aryl methyl sites for hydroxylation is 1. The summed E-state index contributed by atoms with van der Waals surface area (Å²) in [6.07, 6.45) is 4.42. The van der Waals surface area contributed by atoms with Gasteiger partial charge in [-0.05, 0) is 48.2 Å². The molecule has 1 aromatic carbocycles. The molecule has 1 unspecified atom stereocenters. The maximum atomic E-state index is 6.23. The molecule has 2 N–H and O–H groups in total. The van der Waals surface area contributed by atoms with Crippen molar-refractivity contribution in [1.82, 2.24) is 4.98 Å². The highest BCUT2D eigenvalue weighted by atomic mass is 79.9. The van der Waals surface area contributed by atoms with Crippen LogP contribution in [0.2, 0.25) is 0 Å². The molecule has 88 valence electrons. The number of pyridine rings is 1.